The lowest BCUT2D eigenvalue weighted by Gasteiger charge is -2.34. The Labute approximate surface area is 254 Å². The van der Waals surface area contributed by atoms with Gasteiger partial charge in [-0.2, -0.15) is 0 Å². The molecule has 2 heterocycles. The highest BCUT2D eigenvalue weighted by Crippen LogP contribution is 2.30. The molecule has 2 saturated heterocycles. The first-order valence-corrected chi connectivity index (χ1v) is 16.3. The number of aliphatic hydroxyl groups excluding tert-OH is 1. The molecular weight excluding hydrogens is 592 g/mol. The van der Waals surface area contributed by atoms with Crippen molar-refractivity contribution >= 4 is 44.3 Å². The summed E-state index contributed by atoms with van der Waals surface area (Å²) in [7, 11) is -3.89. The molecule has 228 valence electrons. The van der Waals surface area contributed by atoms with Gasteiger partial charge in [-0.15, -0.1) is 0 Å². The minimum Gasteiger partial charge on any atom is -0.506 e. The second kappa shape index (κ2) is 13.7. The quantitative estimate of drug-likeness (QED) is 0.189. The van der Waals surface area contributed by atoms with Gasteiger partial charge in [0.25, 0.3) is 15.3 Å². The van der Waals surface area contributed by atoms with E-state index in [1.54, 1.807) is 18.2 Å². The Morgan fingerprint density at radius 3 is 2.42 bits per heavy atom. The normalized spacial score (nSPS) is 18.3. The summed E-state index contributed by atoms with van der Waals surface area (Å²) < 4.78 is 33.3. The number of sulfonamides is 1. The second-order valence-corrected chi connectivity index (χ2v) is 13.3. The van der Waals surface area contributed by atoms with E-state index in [-0.39, 0.29) is 45.4 Å². The Kier molecular flexibility index (Phi) is 9.76. The van der Waals surface area contributed by atoms with Crippen LogP contribution >= 0.6 is 11.8 Å². The van der Waals surface area contributed by atoms with Crippen molar-refractivity contribution in [3.8, 4) is 11.5 Å². The minimum absolute atomic E-state index is 0.0109. The molecule has 2 fully saturated rings. The topological polar surface area (TPSA) is 157 Å². The van der Waals surface area contributed by atoms with Crippen LogP contribution < -0.4 is 25.0 Å². The maximum absolute atomic E-state index is 12.6. The average molecular weight is 627 g/mol. The summed E-state index contributed by atoms with van der Waals surface area (Å²) in [6.07, 6.45) is 1.53. The third-order valence-electron chi connectivity index (χ3n) is 7.33. The highest BCUT2D eigenvalue weighted by Gasteiger charge is 2.31. The molecule has 43 heavy (non-hydrogen) atoms. The van der Waals surface area contributed by atoms with Gasteiger partial charge in [0, 0.05) is 37.4 Å². The standard InChI is InChI=1S/C30H34N4O7S2/c35-23(19-41-24-10-11-27(36)26(17-24)33-43(39,40)25-4-2-1-3-5-25)18-31-21-12-14-34(15-13-21)22-8-6-20(7-9-22)16-28-29(37)32-30(38)42-28/h1-11,17,21,23,28,31,33,35-36H,12-16,18-19H2,(H,32,37,38)/t23-,28?/m1/s1. The van der Waals surface area contributed by atoms with Crippen molar-refractivity contribution in [2.75, 3.05) is 35.9 Å². The lowest BCUT2D eigenvalue weighted by atomic mass is 10.0. The van der Waals surface area contributed by atoms with Crippen LogP contribution in [0, 0.1) is 0 Å². The largest absolute Gasteiger partial charge is 0.506 e. The number of carbonyl (C=O) groups is 2. The summed E-state index contributed by atoms with van der Waals surface area (Å²) in [6.45, 7) is 2.03. The van der Waals surface area contributed by atoms with Crippen molar-refractivity contribution in [3.63, 3.8) is 0 Å². The number of phenolic OH excluding ortho intramolecular Hbond substituents is 1. The number of hydrogen-bond donors (Lipinski definition) is 5. The average Bonchev–Trinajstić information content (AvgIpc) is 3.33. The molecule has 0 spiro atoms. The molecule has 2 atom stereocenters. The first-order chi connectivity index (χ1) is 20.7. The van der Waals surface area contributed by atoms with E-state index in [2.05, 4.69) is 20.3 Å². The summed E-state index contributed by atoms with van der Waals surface area (Å²) >= 11 is 1.04. The number of aromatic hydroxyl groups is 1. The zero-order chi connectivity index (χ0) is 30.4. The fourth-order valence-electron chi connectivity index (χ4n) is 4.97. The molecule has 0 bridgehead atoms. The van der Waals surface area contributed by atoms with Crippen molar-refractivity contribution in [3.05, 3.63) is 78.4 Å². The van der Waals surface area contributed by atoms with E-state index < -0.39 is 16.1 Å². The number of nitrogens with zero attached hydrogens (tertiary/aromatic N) is 1. The zero-order valence-corrected chi connectivity index (χ0v) is 24.9. The Balaban J connectivity index is 1.04. The number of carbonyl (C=O) groups excluding carboxylic acids is 2. The maximum atomic E-state index is 12.6. The molecule has 13 heteroatoms. The van der Waals surface area contributed by atoms with Gasteiger partial charge in [0.1, 0.15) is 24.2 Å². The third-order valence-corrected chi connectivity index (χ3v) is 9.70. The van der Waals surface area contributed by atoms with Gasteiger partial charge in [-0.3, -0.25) is 19.6 Å². The van der Waals surface area contributed by atoms with Crippen molar-refractivity contribution in [2.24, 2.45) is 0 Å². The molecule has 11 nitrogen and oxygen atoms in total. The summed E-state index contributed by atoms with van der Waals surface area (Å²) in [5.41, 5.74) is 2.09. The van der Waals surface area contributed by atoms with Crippen LogP contribution in [0.15, 0.2) is 77.7 Å². The summed E-state index contributed by atoms with van der Waals surface area (Å²) in [5.74, 6) is -0.170. The first kappa shape index (κ1) is 30.7. The maximum Gasteiger partial charge on any atom is 0.286 e. The zero-order valence-electron chi connectivity index (χ0n) is 23.3. The number of nitrogens with one attached hydrogen (secondary N) is 3. The van der Waals surface area contributed by atoms with Gasteiger partial charge < -0.3 is 25.2 Å². The number of benzene rings is 3. The van der Waals surface area contributed by atoms with E-state index in [1.807, 2.05) is 24.3 Å². The third kappa shape index (κ3) is 8.20. The van der Waals surface area contributed by atoms with Crippen molar-refractivity contribution < 1.29 is 33.0 Å². The number of ether oxygens (including phenoxy) is 1. The Bertz CT molecular complexity index is 1530. The van der Waals surface area contributed by atoms with Crippen LogP contribution in [0.5, 0.6) is 11.5 Å². The van der Waals surface area contributed by atoms with Crippen LogP contribution in [0.4, 0.5) is 16.2 Å². The number of anilines is 2. The number of aliphatic hydroxyl groups is 1. The number of phenols is 1. The summed E-state index contributed by atoms with van der Waals surface area (Å²) in [5, 5.41) is 25.7. The molecule has 2 aliphatic heterocycles. The van der Waals surface area contributed by atoms with Crippen LogP contribution in [0.1, 0.15) is 18.4 Å². The number of amides is 2. The SMILES string of the molecule is O=C1NC(=O)C(Cc2ccc(N3CCC(NC[C@@H](O)COc4ccc(O)c(NS(=O)(=O)c5ccccc5)c4)CC3)cc2)S1. The molecule has 0 saturated carbocycles. The molecule has 3 aromatic carbocycles. The van der Waals surface area contributed by atoms with Crippen LogP contribution in [-0.4, -0.2) is 73.4 Å². The first-order valence-electron chi connectivity index (χ1n) is 14.0. The van der Waals surface area contributed by atoms with Crippen LogP contribution in [-0.2, 0) is 21.2 Å². The molecule has 2 amide bonds. The van der Waals surface area contributed by atoms with Gasteiger partial charge in [-0.1, -0.05) is 42.1 Å². The van der Waals surface area contributed by atoms with Gasteiger partial charge in [-0.25, -0.2) is 8.42 Å². The lowest BCUT2D eigenvalue weighted by Crippen LogP contribution is -2.45. The van der Waals surface area contributed by atoms with Crippen LogP contribution in [0.2, 0.25) is 0 Å². The summed E-state index contributed by atoms with van der Waals surface area (Å²) in [6, 6.07) is 20.4. The van der Waals surface area contributed by atoms with Gasteiger partial charge in [-0.05, 0) is 61.2 Å². The van der Waals surface area contributed by atoms with Crippen molar-refractivity contribution in [2.45, 2.75) is 41.6 Å². The smallest absolute Gasteiger partial charge is 0.286 e. The predicted molar refractivity (Wildman–Crippen MR) is 165 cm³/mol. The lowest BCUT2D eigenvalue weighted by molar-refractivity contribution is -0.118. The summed E-state index contributed by atoms with van der Waals surface area (Å²) in [4.78, 5) is 25.6. The Morgan fingerprint density at radius 2 is 1.74 bits per heavy atom. The van der Waals surface area contributed by atoms with E-state index in [1.165, 1.54) is 30.3 Å². The molecule has 3 aromatic rings. The Hall–Kier alpha value is -3.78. The van der Waals surface area contributed by atoms with Gasteiger partial charge in [0.15, 0.2) is 0 Å². The van der Waals surface area contributed by atoms with E-state index in [4.69, 9.17) is 4.74 Å². The van der Waals surface area contributed by atoms with E-state index in [0.29, 0.717) is 18.7 Å². The van der Waals surface area contributed by atoms with Crippen LogP contribution in [0.3, 0.4) is 0 Å². The number of rotatable bonds is 12. The molecule has 2 aliphatic rings. The number of imide groups is 1. The minimum atomic E-state index is -3.89. The second-order valence-electron chi connectivity index (χ2n) is 10.5. The highest BCUT2D eigenvalue weighted by molar-refractivity contribution is 8.15. The van der Waals surface area contributed by atoms with Gasteiger partial charge in [0.2, 0.25) is 5.91 Å². The number of piperidine rings is 1. The number of hydrogen-bond acceptors (Lipinski definition) is 10. The fraction of sp³-hybridized carbons (Fsp3) is 0.333. The fourth-order valence-corrected chi connectivity index (χ4v) is 6.92. The van der Waals surface area contributed by atoms with E-state index in [0.717, 1.165) is 48.9 Å². The molecule has 1 unspecified atom stereocenters. The molecule has 0 aliphatic carbocycles. The molecular formula is C30H34N4O7S2. The predicted octanol–water partition coefficient (Wildman–Crippen LogP) is 3.09. The number of thioether (sulfide) groups is 1. The van der Waals surface area contributed by atoms with E-state index >= 15 is 0 Å². The molecule has 5 N–H and O–H groups in total. The van der Waals surface area contributed by atoms with E-state index in [9.17, 15) is 28.2 Å². The van der Waals surface area contributed by atoms with Crippen molar-refractivity contribution in [1.29, 1.82) is 0 Å². The highest BCUT2D eigenvalue weighted by atomic mass is 32.2. The van der Waals surface area contributed by atoms with Gasteiger partial charge >= 0.3 is 0 Å². The Morgan fingerprint density at radius 1 is 1.02 bits per heavy atom. The van der Waals surface area contributed by atoms with Crippen LogP contribution in [0.25, 0.3) is 0 Å². The van der Waals surface area contributed by atoms with Crippen molar-refractivity contribution in [1.82, 2.24) is 10.6 Å². The monoisotopic (exact) mass is 626 g/mol. The molecule has 0 aromatic heterocycles. The molecule has 0 radical (unpaired) electrons. The van der Waals surface area contributed by atoms with Gasteiger partial charge in [0.05, 0.1) is 15.8 Å². The molecule has 5 rings (SSSR count).